The zero-order valence-electron chi connectivity index (χ0n) is 10.7. The third-order valence-corrected chi connectivity index (χ3v) is 3.46. The smallest absolute Gasteiger partial charge is 0.137 e. The zero-order chi connectivity index (χ0) is 12.5. The first-order valence-corrected chi connectivity index (χ1v) is 6.26. The Hall–Kier alpha value is -1.81. The van der Waals surface area contributed by atoms with Crippen LogP contribution in [0.2, 0.25) is 0 Å². The fraction of sp³-hybridized carbons (Fsp3) is 0.357. The average Bonchev–Trinajstić information content (AvgIpc) is 3.05. The van der Waals surface area contributed by atoms with Gasteiger partial charge in [-0.25, -0.2) is 4.98 Å². The lowest BCUT2D eigenvalue weighted by Gasteiger charge is -2.06. The molecule has 0 fully saturated rings. The minimum Gasteiger partial charge on any atom is -0.493 e. The maximum absolute atomic E-state index is 5.51. The molecule has 18 heavy (non-hydrogen) atoms. The van der Waals surface area contributed by atoms with Crippen LogP contribution in [0, 0.1) is 0 Å². The highest BCUT2D eigenvalue weighted by Crippen LogP contribution is 2.29. The molecule has 0 saturated heterocycles. The summed E-state index contributed by atoms with van der Waals surface area (Å²) in [7, 11) is 1.94. The molecule has 0 bridgehead atoms. The molecule has 2 heterocycles. The number of rotatable bonds is 3. The van der Waals surface area contributed by atoms with Crippen molar-refractivity contribution in [1.82, 2.24) is 15.3 Å². The van der Waals surface area contributed by atoms with Crippen LogP contribution in [0.25, 0.3) is 11.4 Å². The summed E-state index contributed by atoms with van der Waals surface area (Å²) < 4.78 is 5.51. The predicted molar refractivity (Wildman–Crippen MR) is 70.7 cm³/mol. The standard InChI is InChI=1S/C14H17N3O/c1-9(15-2)12-8-16-14(17-12)11-3-4-13-10(7-11)5-6-18-13/h3-4,7-9,15H,5-6H2,1-2H3,(H,16,17). The summed E-state index contributed by atoms with van der Waals surface area (Å²) in [5, 5.41) is 3.20. The van der Waals surface area contributed by atoms with Crippen molar-refractivity contribution >= 4 is 0 Å². The number of ether oxygens (including phenoxy) is 1. The average molecular weight is 243 g/mol. The van der Waals surface area contributed by atoms with Crippen molar-refractivity contribution in [3.05, 3.63) is 35.7 Å². The predicted octanol–water partition coefficient (Wildman–Crippen LogP) is 2.29. The molecule has 1 aromatic carbocycles. The van der Waals surface area contributed by atoms with E-state index in [9.17, 15) is 0 Å². The fourth-order valence-electron chi connectivity index (χ4n) is 2.19. The normalized spacial score (nSPS) is 15.2. The molecule has 3 rings (SSSR count). The van der Waals surface area contributed by atoms with E-state index in [0.717, 1.165) is 35.9 Å². The van der Waals surface area contributed by atoms with Gasteiger partial charge < -0.3 is 15.0 Å². The maximum Gasteiger partial charge on any atom is 0.137 e. The highest BCUT2D eigenvalue weighted by molar-refractivity contribution is 5.59. The van der Waals surface area contributed by atoms with Crippen LogP contribution in [0.3, 0.4) is 0 Å². The second-order valence-electron chi connectivity index (χ2n) is 4.62. The first-order valence-electron chi connectivity index (χ1n) is 6.26. The van der Waals surface area contributed by atoms with Crippen LogP contribution in [0.5, 0.6) is 5.75 Å². The van der Waals surface area contributed by atoms with Crippen LogP contribution < -0.4 is 10.1 Å². The summed E-state index contributed by atoms with van der Waals surface area (Å²) in [5.74, 6) is 1.93. The van der Waals surface area contributed by atoms with Gasteiger partial charge in [0.05, 0.1) is 18.5 Å². The van der Waals surface area contributed by atoms with E-state index in [4.69, 9.17) is 4.74 Å². The Morgan fingerprint density at radius 2 is 2.33 bits per heavy atom. The topological polar surface area (TPSA) is 49.9 Å². The Morgan fingerprint density at radius 1 is 1.44 bits per heavy atom. The van der Waals surface area contributed by atoms with Crippen LogP contribution in [0.1, 0.15) is 24.2 Å². The molecule has 4 heteroatoms. The summed E-state index contributed by atoms with van der Waals surface area (Å²) in [4.78, 5) is 7.80. The van der Waals surface area contributed by atoms with Gasteiger partial charge >= 0.3 is 0 Å². The second-order valence-corrected chi connectivity index (χ2v) is 4.62. The van der Waals surface area contributed by atoms with Gasteiger partial charge in [-0.05, 0) is 37.7 Å². The molecule has 2 N–H and O–H groups in total. The van der Waals surface area contributed by atoms with Crippen molar-refractivity contribution in [3.63, 3.8) is 0 Å². The number of nitrogens with zero attached hydrogens (tertiary/aromatic N) is 1. The molecule has 0 amide bonds. The van der Waals surface area contributed by atoms with Gasteiger partial charge in [-0.3, -0.25) is 0 Å². The van der Waals surface area contributed by atoms with Crippen molar-refractivity contribution in [2.75, 3.05) is 13.7 Å². The van der Waals surface area contributed by atoms with E-state index >= 15 is 0 Å². The number of nitrogens with one attached hydrogen (secondary N) is 2. The monoisotopic (exact) mass is 243 g/mol. The molecule has 0 spiro atoms. The third kappa shape index (κ3) is 1.88. The lowest BCUT2D eigenvalue weighted by Crippen LogP contribution is -2.12. The number of hydrogen-bond acceptors (Lipinski definition) is 3. The fourth-order valence-corrected chi connectivity index (χ4v) is 2.19. The van der Waals surface area contributed by atoms with E-state index in [1.54, 1.807) is 0 Å². The van der Waals surface area contributed by atoms with E-state index in [1.807, 2.05) is 19.3 Å². The number of hydrogen-bond donors (Lipinski definition) is 2. The quantitative estimate of drug-likeness (QED) is 0.869. The van der Waals surface area contributed by atoms with Gasteiger partial charge in [0.1, 0.15) is 11.6 Å². The first kappa shape index (κ1) is 11.3. The van der Waals surface area contributed by atoms with Gasteiger partial charge in [-0.1, -0.05) is 0 Å². The molecule has 4 nitrogen and oxygen atoms in total. The Bertz CT molecular complexity index is 562. The van der Waals surface area contributed by atoms with Crippen molar-refractivity contribution in [1.29, 1.82) is 0 Å². The number of benzene rings is 1. The molecule has 1 aliphatic rings. The molecule has 0 aliphatic carbocycles. The van der Waals surface area contributed by atoms with Crippen molar-refractivity contribution in [2.45, 2.75) is 19.4 Å². The summed E-state index contributed by atoms with van der Waals surface area (Å²) in [6.45, 7) is 2.90. The van der Waals surface area contributed by atoms with Gasteiger partial charge in [0.15, 0.2) is 0 Å². The van der Waals surface area contributed by atoms with Crippen molar-refractivity contribution in [3.8, 4) is 17.1 Å². The highest BCUT2D eigenvalue weighted by Gasteiger charge is 2.14. The Morgan fingerprint density at radius 3 is 3.17 bits per heavy atom. The molecule has 1 atom stereocenters. The van der Waals surface area contributed by atoms with E-state index in [0.29, 0.717) is 0 Å². The lowest BCUT2D eigenvalue weighted by molar-refractivity contribution is 0.357. The van der Waals surface area contributed by atoms with Crippen LogP contribution in [0.4, 0.5) is 0 Å². The summed E-state index contributed by atoms with van der Waals surface area (Å²) >= 11 is 0. The zero-order valence-corrected chi connectivity index (χ0v) is 10.7. The van der Waals surface area contributed by atoms with Crippen LogP contribution in [-0.2, 0) is 6.42 Å². The molecular weight excluding hydrogens is 226 g/mol. The van der Waals surface area contributed by atoms with Crippen LogP contribution >= 0.6 is 0 Å². The van der Waals surface area contributed by atoms with Gasteiger partial charge in [0, 0.05) is 18.0 Å². The second kappa shape index (κ2) is 4.46. The lowest BCUT2D eigenvalue weighted by atomic mass is 10.1. The molecule has 94 valence electrons. The number of aromatic amines is 1. The molecular formula is C14H17N3O. The molecule has 1 aromatic heterocycles. The number of fused-ring (bicyclic) bond motifs is 1. The SMILES string of the molecule is CNC(C)c1cnc(-c2ccc3c(c2)CCO3)[nH]1. The minimum absolute atomic E-state index is 0.281. The van der Waals surface area contributed by atoms with E-state index in [-0.39, 0.29) is 6.04 Å². The third-order valence-electron chi connectivity index (χ3n) is 3.46. The highest BCUT2D eigenvalue weighted by atomic mass is 16.5. The van der Waals surface area contributed by atoms with E-state index < -0.39 is 0 Å². The van der Waals surface area contributed by atoms with Crippen LogP contribution in [0.15, 0.2) is 24.4 Å². The van der Waals surface area contributed by atoms with E-state index in [1.165, 1.54) is 5.56 Å². The van der Waals surface area contributed by atoms with Crippen molar-refractivity contribution < 1.29 is 4.74 Å². The summed E-state index contributed by atoms with van der Waals surface area (Å²) in [6.07, 6.45) is 2.88. The van der Waals surface area contributed by atoms with Gasteiger partial charge in [-0.15, -0.1) is 0 Å². The van der Waals surface area contributed by atoms with Gasteiger partial charge in [0.2, 0.25) is 0 Å². The minimum atomic E-state index is 0.281. The number of H-pyrrole nitrogens is 1. The van der Waals surface area contributed by atoms with Crippen LogP contribution in [-0.4, -0.2) is 23.6 Å². The Labute approximate surface area is 106 Å². The van der Waals surface area contributed by atoms with Gasteiger partial charge in [-0.2, -0.15) is 0 Å². The van der Waals surface area contributed by atoms with Gasteiger partial charge in [0.25, 0.3) is 0 Å². The Kier molecular flexibility index (Phi) is 2.80. The van der Waals surface area contributed by atoms with E-state index in [2.05, 4.69) is 34.3 Å². The number of imidazole rings is 1. The van der Waals surface area contributed by atoms with Crippen molar-refractivity contribution in [2.24, 2.45) is 0 Å². The number of aromatic nitrogens is 2. The summed E-state index contributed by atoms with van der Waals surface area (Å²) in [6, 6.07) is 6.52. The maximum atomic E-state index is 5.51. The molecule has 1 unspecified atom stereocenters. The largest absolute Gasteiger partial charge is 0.493 e. The molecule has 2 aromatic rings. The molecule has 0 radical (unpaired) electrons. The summed E-state index contributed by atoms with van der Waals surface area (Å²) in [5.41, 5.74) is 3.49. The molecule has 1 aliphatic heterocycles. The Balaban J connectivity index is 1.92. The first-order chi connectivity index (χ1) is 8.78. The molecule has 0 saturated carbocycles.